The van der Waals surface area contributed by atoms with Crippen LogP contribution in [-0.4, -0.2) is 24.0 Å². The van der Waals surface area contributed by atoms with Crippen molar-refractivity contribution in [1.82, 2.24) is 0 Å². The molecule has 5 nitrogen and oxygen atoms in total. The summed E-state index contributed by atoms with van der Waals surface area (Å²) in [5.41, 5.74) is -0.237. The number of hydrogen-bond acceptors (Lipinski definition) is 3. The molecule has 0 saturated carbocycles. The first-order chi connectivity index (χ1) is 7.38. The number of hydrogen-bond donors (Lipinski definition) is 2. The second-order valence-corrected chi connectivity index (χ2v) is 4.43. The highest BCUT2D eigenvalue weighted by atomic mass is 32.2. The Hall–Kier alpha value is -1.66. The normalized spacial score (nSPS) is 11.1. The van der Waals surface area contributed by atoms with Gasteiger partial charge in [0.05, 0.1) is 5.56 Å². The highest BCUT2D eigenvalue weighted by molar-refractivity contribution is 7.86. The molecule has 0 aliphatic rings. The zero-order valence-electron chi connectivity index (χ0n) is 8.25. The lowest BCUT2D eigenvalue weighted by Crippen LogP contribution is -2.11. The molecule has 16 heavy (non-hydrogen) atoms. The molecule has 0 unspecified atom stereocenters. The molecule has 1 aromatic carbocycles. The van der Waals surface area contributed by atoms with E-state index in [9.17, 15) is 13.2 Å². The van der Waals surface area contributed by atoms with Crippen LogP contribution in [0.3, 0.4) is 0 Å². The third-order valence-corrected chi connectivity index (χ3v) is 2.95. The fourth-order valence-electron chi connectivity index (χ4n) is 1.37. The number of carboxylic acid groups (broad SMARTS) is 1. The SMILES string of the molecule is C=CCc1cccc(C(=O)O)c1S(=O)(=O)O. The molecule has 1 aromatic rings. The van der Waals surface area contributed by atoms with Gasteiger partial charge in [-0.3, -0.25) is 4.55 Å². The van der Waals surface area contributed by atoms with Crippen LogP contribution >= 0.6 is 0 Å². The van der Waals surface area contributed by atoms with Gasteiger partial charge >= 0.3 is 5.97 Å². The molecule has 0 atom stereocenters. The van der Waals surface area contributed by atoms with Crippen LogP contribution in [0.25, 0.3) is 0 Å². The molecular weight excluding hydrogens is 232 g/mol. The highest BCUT2D eigenvalue weighted by Gasteiger charge is 2.23. The Kier molecular flexibility index (Phi) is 3.46. The van der Waals surface area contributed by atoms with E-state index in [0.29, 0.717) is 0 Å². The summed E-state index contributed by atoms with van der Waals surface area (Å²) in [5.74, 6) is -1.40. The van der Waals surface area contributed by atoms with E-state index in [2.05, 4.69) is 6.58 Å². The van der Waals surface area contributed by atoms with Crippen molar-refractivity contribution in [2.45, 2.75) is 11.3 Å². The summed E-state index contributed by atoms with van der Waals surface area (Å²) in [6.45, 7) is 3.43. The average Bonchev–Trinajstić information content (AvgIpc) is 2.16. The van der Waals surface area contributed by atoms with Gasteiger partial charge in [0.1, 0.15) is 4.90 Å². The molecule has 1 rings (SSSR count). The molecule has 0 bridgehead atoms. The molecule has 0 spiro atoms. The van der Waals surface area contributed by atoms with Crippen LogP contribution in [0.4, 0.5) is 0 Å². The number of aromatic carboxylic acids is 1. The number of benzene rings is 1. The summed E-state index contributed by atoms with van der Waals surface area (Å²) in [7, 11) is -4.56. The lowest BCUT2D eigenvalue weighted by molar-refractivity contribution is 0.0692. The molecule has 0 aromatic heterocycles. The molecule has 0 fully saturated rings. The fraction of sp³-hybridized carbons (Fsp3) is 0.100. The lowest BCUT2D eigenvalue weighted by atomic mass is 10.1. The second-order valence-electron chi connectivity index (χ2n) is 3.07. The fourth-order valence-corrected chi connectivity index (χ4v) is 2.29. The van der Waals surface area contributed by atoms with E-state index in [1.807, 2.05) is 0 Å². The van der Waals surface area contributed by atoms with Gasteiger partial charge in [0, 0.05) is 0 Å². The molecular formula is C10H10O5S. The van der Waals surface area contributed by atoms with Crippen molar-refractivity contribution >= 4 is 16.1 Å². The Morgan fingerprint density at radius 3 is 2.50 bits per heavy atom. The molecule has 0 aliphatic heterocycles. The predicted molar refractivity (Wildman–Crippen MR) is 57.1 cm³/mol. The van der Waals surface area contributed by atoms with Crippen LogP contribution in [0, 0.1) is 0 Å². The van der Waals surface area contributed by atoms with E-state index in [4.69, 9.17) is 9.66 Å². The van der Waals surface area contributed by atoms with E-state index in [1.165, 1.54) is 18.2 Å². The summed E-state index contributed by atoms with van der Waals surface area (Å²) >= 11 is 0. The Balaban J connectivity index is 3.60. The first-order valence-electron chi connectivity index (χ1n) is 4.31. The van der Waals surface area contributed by atoms with Gasteiger partial charge in [-0.2, -0.15) is 8.42 Å². The zero-order chi connectivity index (χ0) is 12.3. The van der Waals surface area contributed by atoms with Crippen LogP contribution in [0.15, 0.2) is 35.7 Å². The molecule has 86 valence electrons. The minimum absolute atomic E-state index is 0.163. The molecule has 6 heteroatoms. The third-order valence-electron chi connectivity index (χ3n) is 1.95. The minimum atomic E-state index is -4.56. The van der Waals surface area contributed by atoms with Gasteiger partial charge < -0.3 is 5.11 Å². The van der Waals surface area contributed by atoms with Crippen LogP contribution < -0.4 is 0 Å². The molecule has 0 radical (unpaired) electrons. The first kappa shape index (κ1) is 12.4. The summed E-state index contributed by atoms with van der Waals surface area (Å²) in [4.78, 5) is 10.3. The van der Waals surface area contributed by atoms with Gasteiger partial charge in [0.2, 0.25) is 0 Å². The van der Waals surface area contributed by atoms with Crippen molar-refractivity contribution < 1.29 is 22.9 Å². The van der Waals surface area contributed by atoms with Crippen molar-refractivity contribution in [2.75, 3.05) is 0 Å². The number of carboxylic acids is 1. The largest absolute Gasteiger partial charge is 0.478 e. The summed E-state index contributed by atoms with van der Waals surface area (Å²) in [6.07, 6.45) is 1.59. The Bertz CT molecular complexity index is 530. The number of allylic oxidation sites excluding steroid dienone is 1. The monoisotopic (exact) mass is 242 g/mol. The van der Waals surface area contributed by atoms with Gasteiger partial charge in [-0.1, -0.05) is 18.2 Å². The quantitative estimate of drug-likeness (QED) is 0.614. The average molecular weight is 242 g/mol. The van der Waals surface area contributed by atoms with E-state index in [0.717, 1.165) is 6.07 Å². The second kappa shape index (κ2) is 4.46. The van der Waals surface area contributed by atoms with Gasteiger partial charge in [-0.15, -0.1) is 6.58 Å². The molecule has 0 amide bonds. The van der Waals surface area contributed by atoms with E-state index in [-0.39, 0.29) is 12.0 Å². The zero-order valence-corrected chi connectivity index (χ0v) is 9.07. The number of rotatable bonds is 4. The summed E-state index contributed by atoms with van der Waals surface area (Å²) in [6, 6.07) is 3.96. The predicted octanol–water partition coefficient (Wildman–Crippen LogP) is 1.36. The highest BCUT2D eigenvalue weighted by Crippen LogP contribution is 2.21. The Morgan fingerprint density at radius 2 is 2.06 bits per heavy atom. The van der Waals surface area contributed by atoms with Crippen molar-refractivity contribution in [3.63, 3.8) is 0 Å². The minimum Gasteiger partial charge on any atom is -0.478 e. The maximum absolute atomic E-state index is 11.1. The van der Waals surface area contributed by atoms with Crippen molar-refractivity contribution in [2.24, 2.45) is 0 Å². The van der Waals surface area contributed by atoms with Crippen LogP contribution in [0.1, 0.15) is 15.9 Å². The molecule has 0 saturated heterocycles. The molecule has 2 N–H and O–H groups in total. The smallest absolute Gasteiger partial charge is 0.337 e. The van der Waals surface area contributed by atoms with Crippen molar-refractivity contribution in [3.05, 3.63) is 42.0 Å². The van der Waals surface area contributed by atoms with Crippen molar-refractivity contribution in [1.29, 1.82) is 0 Å². The third kappa shape index (κ3) is 2.47. The van der Waals surface area contributed by atoms with E-state index in [1.54, 1.807) is 0 Å². The standard InChI is InChI=1S/C10H10O5S/c1-2-4-7-5-3-6-8(10(11)12)9(7)16(13,14)15/h2-3,5-6H,1,4H2,(H,11,12)(H,13,14,15). The molecule has 0 aliphatic carbocycles. The van der Waals surface area contributed by atoms with Gasteiger partial charge in [0.25, 0.3) is 10.1 Å². The summed E-state index contributed by atoms with van der Waals surface area (Å²) in [5, 5.41) is 8.82. The maximum atomic E-state index is 11.1. The van der Waals surface area contributed by atoms with Gasteiger partial charge in [-0.05, 0) is 18.1 Å². The Labute approximate surface area is 92.8 Å². The van der Waals surface area contributed by atoms with E-state index < -0.39 is 26.5 Å². The first-order valence-corrected chi connectivity index (χ1v) is 5.75. The van der Waals surface area contributed by atoms with Gasteiger partial charge in [0.15, 0.2) is 0 Å². The lowest BCUT2D eigenvalue weighted by Gasteiger charge is -2.07. The van der Waals surface area contributed by atoms with Gasteiger partial charge in [-0.25, -0.2) is 4.79 Å². The van der Waals surface area contributed by atoms with E-state index >= 15 is 0 Å². The van der Waals surface area contributed by atoms with Crippen molar-refractivity contribution in [3.8, 4) is 0 Å². The van der Waals surface area contributed by atoms with Crippen LogP contribution in [0.5, 0.6) is 0 Å². The Morgan fingerprint density at radius 1 is 1.44 bits per heavy atom. The van der Waals surface area contributed by atoms with Crippen LogP contribution in [-0.2, 0) is 16.5 Å². The maximum Gasteiger partial charge on any atom is 0.337 e. The molecule has 0 heterocycles. The topological polar surface area (TPSA) is 91.7 Å². The summed E-state index contributed by atoms with van der Waals surface area (Å²) < 4.78 is 31.2. The number of carbonyl (C=O) groups is 1. The van der Waals surface area contributed by atoms with Crippen LogP contribution in [0.2, 0.25) is 0 Å².